The molecule has 1 amide bonds. The summed E-state index contributed by atoms with van der Waals surface area (Å²) in [6, 6.07) is 8.89. The lowest BCUT2D eigenvalue weighted by atomic mass is 9.56. The van der Waals surface area contributed by atoms with Gasteiger partial charge in [0, 0.05) is 24.4 Å². The third kappa shape index (κ3) is 2.80. The van der Waals surface area contributed by atoms with Crippen LogP contribution in [-0.2, 0) is 11.2 Å². The predicted octanol–water partition coefficient (Wildman–Crippen LogP) is 2.94. The van der Waals surface area contributed by atoms with E-state index in [0.29, 0.717) is 18.3 Å². The fraction of sp³-hybridized carbons (Fsp3) is 0.650. The van der Waals surface area contributed by atoms with E-state index >= 15 is 0 Å². The van der Waals surface area contributed by atoms with Gasteiger partial charge in [-0.25, -0.2) is 0 Å². The minimum Gasteiger partial charge on any atom is -0.390 e. The van der Waals surface area contributed by atoms with E-state index < -0.39 is 5.60 Å². The maximum atomic E-state index is 12.3. The van der Waals surface area contributed by atoms with E-state index in [9.17, 15) is 9.90 Å². The molecule has 0 atom stereocenters. The number of rotatable bonds is 3. The summed E-state index contributed by atoms with van der Waals surface area (Å²) < 4.78 is 0. The Bertz CT molecular complexity index is 597. The van der Waals surface area contributed by atoms with Crippen molar-refractivity contribution in [1.29, 1.82) is 0 Å². The zero-order chi connectivity index (χ0) is 16.2. The van der Waals surface area contributed by atoms with E-state index in [0.717, 1.165) is 19.0 Å². The number of hydrogen-bond donors (Lipinski definition) is 1. The van der Waals surface area contributed by atoms with Gasteiger partial charge in [-0.1, -0.05) is 29.8 Å². The van der Waals surface area contributed by atoms with E-state index in [4.69, 9.17) is 0 Å². The van der Waals surface area contributed by atoms with Gasteiger partial charge in [0.05, 0.1) is 5.60 Å². The molecule has 0 radical (unpaired) electrons. The lowest BCUT2D eigenvalue weighted by molar-refractivity contribution is -0.171. The minimum atomic E-state index is -0.599. The Hall–Kier alpha value is -1.35. The molecule has 4 rings (SSSR count). The van der Waals surface area contributed by atoms with Crippen LogP contribution in [0.2, 0.25) is 0 Å². The lowest BCUT2D eigenvalue weighted by Crippen LogP contribution is -2.66. The van der Waals surface area contributed by atoms with Crippen molar-refractivity contribution in [1.82, 2.24) is 4.90 Å². The largest absolute Gasteiger partial charge is 0.390 e. The first-order valence-corrected chi connectivity index (χ1v) is 8.91. The molecule has 1 N–H and O–H groups in total. The van der Waals surface area contributed by atoms with E-state index in [-0.39, 0.29) is 11.8 Å². The first-order chi connectivity index (χ1) is 10.8. The highest BCUT2D eigenvalue weighted by Gasteiger charge is 2.55. The van der Waals surface area contributed by atoms with Gasteiger partial charge in [-0.2, -0.15) is 0 Å². The fourth-order valence-corrected chi connectivity index (χ4v) is 4.98. The summed E-state index contributed by atoms with van der Waals surface area (Å²) >= 11 is 0. The number of amides is 1. The number of nitrogens with zero attached hydrogens (tertiary/aromatic N) is 1. The molecular weight excluding hydrogens is 286 g/mol. The molecule has 3 fully saturated rings. The maximum Gasteiger partial charge on any atom is 0.225 e. The van der Waals surface area contributed by atoms with Crippen LogP contribution in [0.15, 0.2) is 24.3 Å². The monoisotopic (exact) mass is 313 g/mol. The van der Waals surface area contributed by atoms with Gasteiger partial charge in [-0.15, -0.1) is 0 Å². The van der Waals surface area contributed by atoms with Crippen molar-refractivity contribution in [2.24, 2.45) is 17.3 Å². The summed E-state index contributed by atoms with van der Waals surface area (Å²) in [6.07, 6.45) is 5.01. The second-order valence-corrected chi connectivity index (χ2v) is 8.76. The molecule has 1 spiro atoms. The van der Waals surface area contributed by atoms with Crippen LogP contribution >= 0.6 is 0 Å². The molecule has 2 aliphatic carbocycles. The normalized spacial score (nSPS) is 32.1. The summed E-state index contributed by atoms with van der Waals surface area (Å²) in [5.74, 6) is 1.15. The first-order valence-electron chi connectivity index (χ1n) is 8.91. The molecule has 0 aromatic heterocycles. The highest BCUT2D eigenvalue weighted by molar-refractivity contribution is 5.81. The van der Waals surface area contributed by atoms with Crippen LogP contribution in [-0.4, -0.2) is 34.6 Å². The zero-order valence-corrected chi connectivity index (χ0v) is 14.2. The number of likely N-dealkylation sites (tertiary alicyclic amines) is 1. The van der Waals surface area contributed by atoms with E-state index in [1.54, 1.807) is 0 Å². The number of carbonyl (C=O) groups is 1. The predicted molar refractivity (Wildman–Crippen MR) is 90.0 cm³/mol. The Labute approximate surface area is 138 Å². The Morgan fingerprint density at radius 2 is 1.78 bits per heavy atom. The van der Waals surface area contributed by atoms with E-state index in [1.165, 1.54) is 30.4 Å². The van der Waals surface area contributed by atoms with Crippen LogP contribution in [0, 0.1) is 24.2 Å². The fourth-order valence-electron chi connectivity index (χ4n) is 4.98. The Morgan fingerprint density at radius 3 is 2.35 bits per heavy atom. The van der Waals surface area contributed by atoms with Crippen LogP contribution in [0.25, 0.3) is 0 Å². The number of aryl methyl sites for hydroxylation is 1. The van der Waals surface area contributed by atoms with Crippen LogP contribution in [0.1, 0.15) is 43.7 Å². The van der Waals surface area contributed by atoms with Gasteiger partial charge >= 0.3 is 0 Å². The second-order valence-electron chi connectivity index (χ2n) is 8.76. The SMILES string of the molecule is Cc1ccc(CC2CC3(C2)CN(C(=O)[C@H]2C[C@@](C)(O)C2)C3)cc1. The summed E-state index contributed by atoms with van der Waals surface area (Å²) in [6.45, 7) is 5.86. The van der Waals surface area contributed by atoms with Crippen molar-refractivity contribution in [3.05, 3.63) is 35.4 Å². The molecule has 3 aliphatic rings. The van der Waals surface area contributed by atoms with Gasteiger partial charge in [0.1, 0.15) is 0 Å². The number of benzene rings is 1. The van der Waals surface area contributed by atoms with E-state index in [2.05, 4.69) is 31.2 Å². The standard InChI is InChI=1S/C20H27NO2/c1-14-3-5-15(6-4-14)7-16-8-20(9-16)12-21(13-20)18(22)17-10-19(2,23)11-17/h3-6,16-17,23H,7-13H2,1-2H3/t17-,19+. The van der Waals surface area contributed by atoms with Crippen molar-refractivity contribution in [2.45, 2.75) is 51.6 Å². The molecule has 1 aromatic rings. The molecule has 3 nitrogen and oxygen atoms in total. The van der Waals surface area contributed by atoms with Crippen molar-refractivity contribution in [3.63, 3.8) is 0 Å². The summed E-state index contributed by atoms with van der Waals surface area (Å²) in [4.78, 5) is 14.4. The Morgan fingerprint density at radius 1 is 1.17 bits per heavy atom. The molecule has 0 bridgehead atoms. The highest BCUT2D eigenvalue weighted by Crippen LogP contribution is 2.53. The van der Waals surface area contributed by atoms with Crippen LogP contribution in [0.4, 0.5) is 0 Å². The summed E-state index contributed by atoms with van der Waals surface area (Å²) in [5, 5.41) is 9.79. The smallest absolute Gasteiger partial charge is 0.225 e. The molecule has 1 heterocycles. The van der Waals surface area contributed by atoms with Gasteiger partial charge in [-0.3, -0.25) is 4.79 Å². The average molecular weight is 313 g/mol. The average Bonchev–Trinajstić information content (AvgIpc) is 2.38. The Balaban J connectivity index is 1.22. The summed E-state index contributed by atoms with van der Waals surface area (Å²) in [5.41, 5.74) is 2.59. The van der Waals surface area contributed by atoms with Crippen LogP contribution < -0.4 is 0 Å². The second kappa shape index (κ2) is 5.07. The summed E-state index contributed by atoms with van der Waals surface area (Å²) in [7, 11) is 0. The molecule has 0 unspecified atom stereocenters. The quantitative estimate of drug-likeness (QED) is 0.932. The van der Waals surface area contributed by atoms with Gasteiger partial charge < -0.3 is 10.0 Å². The molecular formula is C20H27NO2. The molecule has 23 heavy (non-hydrogen) atoms. The van der Waals surface area contributed by atoms with Crippen molar-refractivity contribution >= 4 is 5.91 Å². The number of hydrogen-bond acceptors (Lipinski definition) is 2. The van der Waals surface area contributed by atoms with Crippen LogP contribution in [0.3, 0.4) is 0 Å². The topological polar surface area (TPSA) is 40.5 Å². The molecule has 1 aromatic carbocycles. The maximum absolute atomic E-state index is 12.3. The lowest BCUT2D eigenvalue weighted by Gasteiger charge is -2.60. The van der Waals surface area contributed by atoms with Gasteiger partial charge in [0.15, 0.2) is 0 Å². The molecule has 124 valence electrons. The molecule has 1 aliphatic heterocycles. The van der Waals surface area contributed by atoms with Gasteiger partial charge in [0.2, 0.25) is 5.91 Å². The van der Waals surface area contributed by atoms with E-state index in [1.807, 2.05) is 11.8 Å². The molecule has 3 heteroatoms. The van der Waals surface area contributed by atoms with Crippen molar-refractivity contribution in [3.8, 4) is 0 Å². The van der Waals surface area contributed by atoms with Crippen LogP contribution in [0.5, 0.6) is 0 Å². The van der Waals surface area contributed by atoms with Crippen molar-refractivity contribution in [2.75, 3.05) is 13.1 Å². The Kier molecular flexibility index (Phi) is 3.35. The zero-order valence-electron chi connectivity index (χ0n) is 14.2. The highest BCUT2D eigenvalue weighted by atomic mass is 16.3. The number of carbonyl (C=O) groups excluding carboxylic acids is 1. The third-order valence-electron chi connectivity index (χ3n) is 6.17. The first kappa shape index (κ1) is 15.2. The van der Waals surface area contributed by atoms with Gasteiger partial charge in [0.25, 0.3) is 0 Å². The number of aliphatic hydroxyl groups is 1. The van der Waals surface area contributed by atoms with Crippen molar-refractivity contribution < 1.29 is 9.90 Å². The molecule has 1 saturated heterocycles. The minimum absolute atomic E-state index is 0.0748. The van der Waals surface area contributed by atoms with Gasteiger partial charge in [-0.05, 0) is 57.4 Å². The third-order valence-corrected chi connectivity index (χ3v) is 6.17. The molecule has 2 saturated carbocycles.